The Morgan fingerprint density at radius 2 is 2.27 bits per heavy atom. The molecule has 1 saturated heterocycles. The number of hydrogen-bond acceptors (Lipinski definition) is 2. The van der Waals surface area contributed by atoms with Gasteiger partial charge in [0.25, 0.3) is 0 Å². The van der Waals surface area contributed by atoms with Crippen molar-refractivity contribution >= 4 is 6.29 Å². The van der Waals surface area contributed by atoms with E-state index >= 15 is 0 Å². The number of carbonyl (C=O) groups is 1. The summed E-state index contributed by atoms with van der Waals surface area (Å²) in [5, 5.41) is 0. The van der Waals surface area contributed by atoms with E-state index in [4.69, 9.17) is 4.74 Å². The molecular weight excluding hydrogens is 140 g/mol. The van der Waals surface area contributed by atoms with Crippen molar-refractivity contribution in [3.63, 3.8) is 0 Å². The van der Waals surface area contributed by atoms with Crippen molar-refractivity contribution in [2.45, 2.75) is 26.7 Å². The second kappa shape index (κ2) is 3.35. The van der Waals surface area contributed by atoms with E-state index in [1.54, 1.807) is 0 Å². The Bertz CT molecular complexity index is 138. The van der Waals surface area contributed by atoms with Gasteiger partial charge in [-0.25, -0.2) is 0 Å². The van der Waals surface area contributed by atoms with Gasteiger partial charge in [0.2, 0.25) is 0 Å². The predicted octanol–water partition coefficient (Wildman–Crippen LogP) is 1.64. The van der Waals surface area contributed by atoms with Crippen LogP contribution < -0.4 is 0 Å². The lowest BCUT2D eigenvalue weighted by Gasteiger charge is -2.38. The fourth-order valence-electron chi connectivity index (χ4n) is 1.24. The summed E-state index contributed by atoms with van der Waals surface area (Å²) in [6.45, 7) is 5.93. The summed E-state index contributed by atoms with van der Waals surface area (Å²) in [4.78, 5) is 10.3. The van der Waals surface area contributed by atoms with Gasteiger partial charge in [-0.15, -0.1) is 0 Å². The van der Waals surface area contributed by atoms with Gasteiger partial charge in [-0.05, 0) is 12.8 Å². The van der Waals surface area contributed by atoms with Gasteiger partial charge in [-0.3, -0.25) is 0 Å². The van der Waals surface area contributed by atoms with E-state index in [1.807, 2.05) is 6.92 Å². The van der Waals surface area contributed by atoms with Crippen LogP contribution in [0.2, 0.25) is 0 Å². The molecule has 0 bridgehead atoms. The van der Waals surface area contributed by atoms with Crippen LogP contribution in [0.3, 0.4) is 0 Å². The standard InChI is InChI=1S/C9H16O2/c1-8(5-10)3-4-9(2)6-11-7-9/h5,8H,3-4,6-7H2,1-2H3. The van der Waals surface area contributed by atoms with Crippen LogP contribution in [-0.2, 0) is 9.53 Å². The monoisotopic (exact) mass is 156 g/mol. The molecular formula is C9H16O2. The van der Waals surface area contributed by atoms with Gasteiger partial charge in [-0.1, -0.05) is 13.8 Å². The van der Waals surface area contributed by atoms with Gasteiger partial charge in [0, 0.05) is 11.3 Å². The minimum atomic E-state index is 0.215. The van der Waals surface area contributed by atoms with E-state index in [-0.39, 0.29) is 5.92 Å². The molecule has 0 aromatic rings. The highest BCUT2D eigenvalue weighted by atomic mass is 16.5. The first-order valence-electron chi connectivity index (χ1n) is 4.19. The molecule has 1 unspecified atom stereocenters. The molecule has 0 saturated carbocycles. The molecule has 0 aromatic heterocycles. The molecule has 11 heavy (non-hydrogen) atoms. The van der Waals surface area contributed by atoms with Crippen LogP contribution in [-0.4, -0.2) is 19.5 Å². The summed E-state index contributed by atoms with van der Waals surface area (Å²) >= 11 is 0. The normalized spacial score (nSPS) is 23.8. The van der Waals surface area contributed by atoms with Crippen LogP contribution in [0.4, 0.5) is 0 Å². The summed E-state index contributed by atoms with van der Waals surface area (Å²) in [6.07, 6.45) is 3.15. The largest absolute Gasteiger partial charge is 0.380 e. The van der Waals surface area contributed by atoms with Crippen LogP contribution in [0.5, 0.6) is 0 Å². The lowest BCUT2D eigenvalue weighted by atomic mass is 9.82. The highest BCUT2D eigenvalue weighted by Gasteiger charge is 2.32. The maximum absolute atomic E-state index is 10.3. The third kappa shape index (κ3) is 2.29. The molecule has 1 heterocycles. The van der Waals surface area contributed by atoms with Gasteiger partial charge in [0.15, 0.2) is 0 Å². The van der Waals surface area contributed by atoms with Gasteiger partial charge in [0.1, 0.15) is 6.29 Å². The molecule has 0 N–H and O–H groups in total. The van der Waals surface area contributed by atoms with Crippen LogP contribution >= 0.6 is 0 Å². The number of ether oxygens (including phenoxy) is 1. The molecule has 0 radical (unpaired) electrons. The van der Waals surface area contributed by atoms with E-state index in [0.29, 0.717) is 5.41 Å². The minimum Gasteiger partial charge on any atom is -0.380 e. The van der Waals surface area contributed by atoms with E-state index in [1.165, 1.54) is 0 Å². The minimum absolute atomic E-state index is 0.215. The summed E-state index contributed by atoms with van der Waals surface area (Å²) in [7, 11) is 0. The lowest BCUT2D eigenvalue weighted by molar-refractivity contribution is -0.116. The van der Waals surface area contributed by atoms with Crippen molar-refractivity contribution in [1.29, 1.82) is 0 Å². The Morgan fingerprint density at radius 3 is 2.64 bits per heavy atom. The Balaban J connectivity index is 2.15. The lowest BCUT2D eigenvalue weighted by Crippen LogP contribution is -2.39. The highest BCUT2D eigenvalue weighted by molar-refractivity contribution is 5.52. The highest BCUT2D eigenvalue weighted by Crippen LogP contribution is 2.32. The smallest absolute Gasteiger partial charge is 0.122 e. The molecule has 1 rings (SSSR count). The van der Waals surface area contributed by atoms with E-state index in [2.05, 4.69) is 6.92 Å². The topological polar surface area (TPSA) is 26.3 Å². The number of carbonyl (C=O) groups excluding carboxylic acids is 1. The summed E-state index contributed by atoms with van der Waals surface area (Å²) in [5.41, 5.74) is 0.372. The van der Waals surface area contributed by atoms with Gasteiger partial charge in [-0.2, -0.15) is 0 Å². The van der Waals surface area contributed by atoms with Crippen molar-refractivity contribution in [2.75, 3.05) is 13.2 Å². The second-order valence-electron chi connectivity index (χ2n) is 3.96. The first-order valence-corrected chi connectivity index (χ1v) is 4.19. The maximum Gasteiger partial charge on any atom is 0.122 e. The average molecular weight is 156 g/mol. The Kier molecular flexibility index (Phi) is 2.66. The van der Waals surface area contributed by atoms with Crippen LogP contribution in [0.15, 0.2) is 0 Å². The molecule has 1 aliphatic heterocycles. The second-order valence-corrected chi connectivity index (χ2v) is 3.96. The fraction of sp³-hybridized carbons (Fsp3) is 0.889. The zero-order valence-electron chi connectivity index (χ0n) is 7.30. The SMILES string of the molecule is CC(C=O)CCC1(C)COC1. The molecule has 64 valence electrons. The molecule has 2 nitrogen and oxygen atoms in total. The molecule has 1 aliphatic rings. The van der Waals surface area contributed by atoms with Crippen LogP contribution in [0.1, 0.15) is 26.7 Å². The first-order chi connectivity index (χ1) is 5.16. The Hall–Kier alpha value is -0.370. The summed E-state index contributed by atoms with van der Waals surface area (Å²) in [6, 6.07) is 0. The predicted molar refractivity (Wildman–Crippen MR) is 43.4 cm³/mol. The number of rotatable bonds is 4. The van der Waals surface area contributed by atoms with Crippen molar-refractivity contribution < 1.29 is 9.53 Å². The molecule has 0 spiro atoms. The van der Waals surface area contributed by atoms with Crippen molar-refractivity contribution in [3.05, 3.63) is 0 Å². The van der Waals surface area contributed by atoms with Crippen molar-refractivity contribution in [3.8, 4) is 0 Å². The molecule has 0 aliphatic carbocycles. The summed E-state index contributed by atoms with van der Waals surface area (Å²) in [5.74, 6) is 0.215. The fourth-order valence-corrected chi connectivity index (χ4v) is 1.24. The molecule has 2 heteroatoms. The van der Waals surface area contributed by atoms with Gasteiger partial charge in [0.05, 0.1) is 13.2 Å². The Morgan fingerprint density at radius 1 is 1.64 bits per heavy atom. The molecule has 0 amide bonds. The van der Waals surface area contributed by atoms with E-state index < -0.39 is 0 Å². The Labute approximate surface area is 67.9 Å². The van der Waals surface area contributed by atoms with Crippen LogP contribution in [0.25, 0.3) is 0 Å². The number of aldehydes is 1. The molecule has 0 aromatic carbocycles. The van der Waals surface area contributed by atoms with Crippen molar-refractivity contribution in [1.82, 2.24) is 0 Å². The van der Waals surface area contributed by atoms with E-state index in [0.717, 1.165) is 32.3 Å². The molecule has 1 fully saturated rings. The quantitative estimate of drug-likeness (QED) is 0.578. The van der Waals surface area contributed by atoms with Gasteiger partial charge >= 0.3 is 0 Å². The average Bonchev–Trinajstić information content (AvgIpc) is 1.96. The molecule has 1 atom stereocenters. The summed E-state index contributed by atoms with van der Waals surface area (Å²) < 4.78 is 5.12. The van der Waals surface area contributed by atoms with Gasteiger partial charge < -0.3 is 9.53 Å². The van der Waals surface area contributed by atoms with E-state index in [9.17, 15) is 4.79 Å². The third-order valence-corrected chi connectivity index (χ3v) is 2.34. The number of hydrogen-bond donors (Lipinski definition) is 0. The zero-order valence-corrected chi connectivity index (χ0v) is 7.30. The first kappa shape index (κ1) is 8.72. The maximum atomic E-state index is 10.3. The van der Waals surface area contributed by atoms with Crippen molar-refractivity contribution in [2.24, 2.45) is 11.3 Å². The third-order valence-electron chi connectivity index (χ3n) is 2.34. The van der Waals surface area contributed by atoms with Crippen LogP contribution in [0, 0.1) is 11.3 Å². The zero-order chi connectivity index (χ0) is 8.32.